The van der Waals surface area contributed by atoms with Gasteiger partial charge in [0.2, 0.25) is 0 Å². The topological polar surface area (TPSA) is 21.3 Å². The van der Waals surface area contributed by atoms with Crippen LogP contribution in [0.3, 0.4) is 0 Å². The van der Waals surface area contributed by atoms with E-state index < -0.39 is 0 Å². The predicted molar refractivity (Wildman–Crippen MR) is 72.8 cm³/mol. The smallest absolute Gasteiger partial charge is 0.165 e. The van der Waals surface area contributed by atoms with Crippen molar-refractivity contribution < 1.29 is 9.13 Å². The summed E-state index contributed by atoms with van der Waals surface area (Å²) in [5.41, 5.74) is 1.03. The van der Waals surface area contributed by atoms with Crippen LogP contribution >= 0.6 is 11.3 Å². The van der Waals surface area contributed by atoms with Crippen LogP contribution in [0, 0.1) is 5.82 Å². The van der Waals surface area contributed by atoms with E-state index >= 15 is 0 Å². The highest BCUT2D eigenvalue weighted by Gasteiger charge is 2.13. The van der Waals surface area contributed by atoms with Crippen molar-refractivity contribution in [2.24, 2.45) is 0 Å². The van der Waals surface area contributed by atoms with Crippen molar-refractivity contribution >= 4 is 11.3 Å². The Morgan fingerprint density at radius 3 is 2.83 bits per heavy atom. The summed E-state index contributed by atoms with van der Waals surface area (Å²) in [6.45, 7) is 0. The zero-order valence-electron chi connectivity index (χ0n) is 10.4. The highest BCUT2D eigenvalue weighted by atomic mass is 32.1. The van der Waals surface area contributed by atoms with Crippen molar-refractivity contribution in [3.63, 3.8) is 0 Å². The van der Waals surface area contributed by atoms with Gasteiger partial charge in [-0.2, -0.15) is 0 Å². The van der Waals surface area contributed by atoms with E-state index in [-0.39, 0.29) is 11.9 Å². The summed E-state index contributed by atoms with van der Waals surface area (Å²) in [5, 5.41) is 5.32. The zero-order valence-corrected chi connectivity index (χ0v) is 11.3. The first kappa shape index (κ1) is 13.1. The van der Waals surface area contributed by atoms with Crippen LogP contribution in [0.2, 0.25) is 0 Å². The van der Waals surface area contributed by atoms with E-state index in [1.165, 1.54) is 18.1 Å². The van der Waals surface area contributed by atoms with Crippen molar-refractivity contribution in [2.45, 2.75) is 12.5 Å². The second kappa shape index (κ2) is 5.98. The highest BCUT2D eigenvalue weighted by molar-refractivity contribution is 7.09. The molecule has 0 aliphatic heterocycles. The highest BCUT2D eigenvalue weighted by Crippen LogP contribution is 2.25. The molecule has 0 bridgehead atoms. The third-order valence-corrected chi connectivity index (χ3v) is 3.81. The SMILES string of the molecule is CNC(Cc1cccs1)c1ccc(F)c(OC)c1. The summed E-state index contributed by atoms with van der Waals surface area (Å²) in [6.07, 6.45) is 0.892. The van der Waals surface area contributed by atoms with Gasteiger partial charge in [-0.3, -0.25) is 0 Å². The zero-order chi connectivity index (χ0) is 13.0. The number of hydrogen-bond acceptors (Lipinski definition) is 3. The van der Waals surface area contributed by atoms with Crippen LogP contribution in [0.5, 0.6) is 5.75 Å². The third-order valence-electron chi connectivity index (χ3n) is 2.91. The fourth-order valence-electron chi connectivity index (χ4n) is 1.91. The molecular weight excluding hydrogens is 249 g/mol. The van der Waals surface area contributed by atoms with Gasteiger partial charge in [0.1, 0.15) is 0 Å². The maximum atomic E-state index is 13.4. The molecule has 0 radical (unpaired) electrons. The molecule has 1 aromatic carbocycles. The first-order valence-corrected chi connectivity index (χ1v) is 6.65. The van der Waals surface area contributed by atoms with E-state index in [0.29, 0.717) is 5.75 Å². The van der Waals surface area contributed by atoms with Crippen LogP contribution in [0.4, 0.5) is 4.39 Å². The van der Waals surface area contributed by atoms with Gasteiger partial charge in [0.05, 0.1) is 7.11 Å². The average molecular weight is 265 g/mol. The fraction of sp³-hybridized carbons (Fsp3) is 0.286. The van der Waals surface area contributed by atoms with Gasteiger partial charge in [-0.15, -0.1) is 11.3 Å². The lowest BCUT2D eigenvalue weighted by Gasteiger charge is -2.16. The molecule has 1 aromatic heterocycles. The molecule has 18 heavy (non-hydrogen) atoms. The second-order valence-electron chi connectivity index (χ2n) is 4.02. The molecule has 2 nitrogen and oxygen atoms in total. The molecule has 0 aliphatic carbocycles. The number of nitrogens with one attached hydrogen (secondary N) is 1. The van der Waals surface area contributed by atoms with Gasteiger partial charge in [0, 0.05) is 17.3 Å². The molecule has 1 atom stereocenters. The Labute approximate surface area is 110 Å². The van der Waals surface area contributed by atoms with E-state index in [4.69, 9.17) is 4.74 Å². The van der Waals surface area contributed by atoms with Gasteiger partial charge in [-0.1, -0.05) is 12.1 Å². The number of hydrogen-bond donors (Lipinski definition) is 1. The minimum Gasteiger partial charge on any atom is -0.494 e. The first-order valence-electron chi connectivity index (χ1n) is 5.77. The Morgan fingerprint density at radius 2 is 2.22 bits per heavy atom. The van der Waals surface area contributed by atoms with E-state index in [9.17, 15) is 4.39 Å². The molecular formula is C14H16FNOS. The lowest BCUT2D eigenvalue weighted by atomic mass is 10.0. The van der Waals surface area contributed by atoms with E-state index in [1.807, 2.05) is 13.1 Å². The minimum atomic E-state index is -0.327. The van der Waals surface area contributed by atoms with Gasteiger partial charge in [-0.05, 0) is 36.2 Å². The maximum Gasteiger partial charge on any atom is 0.165 e. The van der Waals surface area contributed by atoms with Gasteiger partial charge >= 0.3 is 0 Å². The summed E-state index contributed by atoms with van der Waals surface area (Å²) >= 11 is 1.73. The molecule has 1 unspecified atom stereocenters. The normalized spacial score (nSPS) is 12.4. The summed E-state index contributed by atoms with van der Waals surface area (Å²) < 4.78 is 18.4. The number of halogens is 1. The van der Waals surface area contributed by atoms with Gasteiger partial charge in [-0.25, -0.2) is 4.39 Å². The molecule has 4 heteroatoms. The lowest BCUT2D eigenvalue weighted by Crippen LogP contribution is -2.18. The molecule has 2 rings (SSSR count). The van der Waals surface area contributed by atoms with Crippen LogP contribution in [0.1, 0.15) is 16.5 Å². The van der Waals surface area contributed by atoms with E-state index in [0.717, 1.165) is 12.0 Å². The summed E-state index contributed by atoms with van der Waals surface area (Å²) in [4.78, 5) is 1.30. The number of ether oxygens (including phenoxy) is 1. The second-order valence-corrected chi connectivity index (χ2v) is 5.05. The van der Waals surface area contributed by atoms with Crippen LogP contribution in [0.15, 0.2) is 35.7 Å². The number of thiophene rings is 1. The van der Waals surface area contributed by atoms with Crippen molar-refractivity contribution in [2.75, 3.05) is 14.2 Å². The van der Waals surface area contributed by atoms with Crippen LogP contribution < -0.4 is 10.1 Å². The van der Waals surface area contributed by atoms with Crippen molar-refractivity contribution in [3.8, 4) is 5.75 Å². The standard InChI is InChI=1S/C14H16FNOS/c1-16-13(9-11-4-3-7-18-11)10-5-6-12(15)14(8-10)17-2/h3-8,13,16H,9H2,1-2H3. The van der Waals surface area contributed by atoms with Crippen LogP contribution in [0.25, 0.3) is 0 Å². The molecule has 2 aromatic rings. The molecule has 0 spiro atoms. The van der Waals surface area contributed by atoms with Crippen molar-refractivity contribution in [1.82, 2.24) is 5.32 Å². The summed E-state index contributed by atoms with van der Waals surface area (Å²) in [6, 6.07) is 9.32. The monoisotopic (exact) mass is 265 g/mol. The predicted octanol–water partition coefficient (Wildman–Crippen LogP) is 3.40. The molecule has 1 heterocycles. The maximum absolute atomic E-state index is 13.4. The number of rotatable bonds is 5. The van der Waals surface area contributed by atoms with Gasteiger partial charge < -0.3 is 10.1 Å². The Balaban J connectivity index is 2.21. The van der Waals surface area contributed by atoms with Crippen molar-refractivity contribution in [1.29, 1.82) is 0 Å². The molecule has 0 saturated carbocycles. The summed E-state index contributed by atoms with van der Waals surface area (Å²) in [7, 11) is 3.39. The Bertz CT molecular complexity index is 499. The van der Waals surface area contributed by atoms with Crippen LogP contribution in [-0.4, -0.2) is 14.2 Å². The molecule has 96 valence electrons. The average Bonchev–Trinajstić information content (AvgIpc) is 2.89. The molecule has 0 saturated heterocycles. The molecule has 1 N–H and O–H groups in total. The number of methoxy groups -OCH3 is 1. The van der Waals surface area contributed by atoms with Gasteiger partial charge in [0.15, 0.2) is 11.6 Å². The Morgan fingerprint density at radius 1 is 1.39 bits per heavy atom. The Kier molecular flexibility index (Phi) is 4.33. The number of likely N-dealkylation sites (N-methyl/N-ethyl adjacent to an activating group) is 1. The lowest BCUT2D eigenvalue weighted by molar-refractivity contribution is 0.385. The van der Waals surface area contributed by atoms with Gasteiger partial charge in [0.25, 0.3) is 0 Å². The number of benzene rings is 1. The summed E-state index contributed by atoms with van der Waals surface area (Å²) in [5.74, 6) is -0.0360. The molecule has 0 amide bonds. The minimum absolute atomic E-state index is 0.165. The van der Waals surface area contributed by atoms with E-state index in [2.05, 4.69) is 16.8 Å². The molecule has 0 fully saturated rings. The van der Waals surface area contributed by atoms with E-state index in [1.54, 1.807) is 23.5 Å². The third kappa shape index (κ3) is 2.89. The quantitative estimate of drug-likeness (QED) is 0.894. The molecule has 0 aliphatic rings. The Hall–Kier alpha value is -1.39. The first-order chi connectivity index (χ1) is 8.74. The van der Waals surface area contributed by atoms with Crippen molar-refractivity contribution in [3.05, 3.63) is 52.0 Å². The fourth-order valence-corrected chi connectivity index (χ4v) is 2.66. The largest absolute Gasteiger partial charge is 0.494 e. The van der Waals surface area contributed by atoms with Crippen LogP contribution in [-0.2, 0) is 6.42 Å².